The first kappa shape index (κ1) is 9.78. The van der Waals surface area contributed by atoms with E-state index in [1.165, 1.54) is 11.3 Å². The Morgan fingerprint density at radius 1 is 1.57 bits per heavy atom. The zero-order chi connectivity index (χ0) is 9.97. The van der Waals surface area contributed by atoms with E-state index in [9.17, 15) is 0 Å². The number of hydrogen-bond donors (Lipinski definition) is 0. The van der Waals surface area contributed by atoms with Crippen LogP contribution in [0.5, 0.6) is 0 Å². The lowest BCUT2D eigenvalue weighted by Gasteiger charge is -2.19. The SMILES string of the molecule is CC(C)C1=C(OCC2CO2)CCC=C1. The molecule has 2 aliphatic rings. The summed E-state index contributed by atoms with van der Waals surface area (Å²) in [6, 6.07) is 0. The summed E-state index contributed by atoms with van der Waals surface area (Å²) in [7, 11) is 0. The fourth-order valence-corrected chi connectivity index (χ4v) is 1.69. The van der Waals surface area contributed by atoms with Gasteiger partial charge in [-0.1, -0.05) is 26.0 Å². The standard InChI is InChI=1S/C12H18O2/c1-9(2)11-5-3-4-6-12(11)14-8-10-7-13-10/h3,5,9-10H,4,6-8H2,1-2H3. The van der Waals surface area contributed by atoms with Gasteiger partial charge in [-0.2, -0.15) is 0 Å². The molecule has 2 nitrogen and oxygen atoms in total. The van der Waals surface area contributed by atoms with Gasteiger partial charge in [-0.05, 0) is 17.9 Å². The lowest BCUT2D eigenvalue weighted by Crippen LogP contribution is -2.08. The third-order valence-corrected chi connectivity index (χ3v) is 2.63. The van der Waals surface area contributed by atoms with Crippen molar-refractivity contribution < 1.29 is 9.47 Å². The van der Waals surface area contributed by atoms with Gasteiger partial charge in [0, 0.05) is 6.42 Å². The van der Waals surface area contributed by atoms with Crippen LogP contribution < -0.4 is 0 Å². The Kier molecular flexibility index (Phi) is 2.92. The highest BCUT2D eigenvalue weighted by atomic mass is 16.6. The molecule has 1 aliphatic heterocycles. The second-order valence-electron chi connectivity index (χ2n) is 4.24. The van der Waals surface area contributed by atoms with Gasteiger partial charge in [0.25, 0.3) is 0 Å². The van der Waals surface area contributed by atoms with E-state index in [1.807, 2.05) is 0 Å². The maximum Gasteiger partial charge on any atom is 0.116 e. The predicted molar refractivity (Wildman–Crippen MR) is 55.9 cm³/mol. The first-order valence-corrected chi connectivity index (χ1v) is 5.41. The van der Waals surface area contributed by atoms with Crippen molar-refractivity contribution in [3.63, 3.8) is 0 Å². The van der Waals surface area contributed by atoms with E-state index < -0.39 is 0 Å². The Bertz CT molecular complexity index is 259. The fraction of sp³-hybridized carbons (Fsp3) is 0.667. The van der Waals surface area contributed by atoms with Crippen LogP contribution in [0.4, 0.5) is 0 Å². The third kappa shape index (κ3) is 2.38. The summed E-state index contributed by atoms with van der Waals surface area (Å²) >= 11 is 0. The molecule has 1 saturated heterocycles. The summed E-state index contributed by atoms with van der Waals surface area (Å²) in [5, 5.41) is 0. The molecular formula is C12H18O2. The molecule has 0 amide bonds. The average Bonchev–Trinajstić information content (AvgIpc) is 2.98. The maximum absolute atomic E-state index is 5.78. The van der Waals surface area contributed by atoms with Crippen LogP contribution in [0.3, 0.4) is 0 Å². The summed E-state index contributed by atoms with van der Waals surface area (Å²) in [6.45, 7) is 6.03. The second-order valence-corrected chi connectivity index (χ2v) is 4.24. The molecule has 1 atom stereocenters. The summed E-state index contributed by atoms with van der Waals surface area (Å²) in [4.78, 5) is 0. The van der Waals surface area contributed by atoms with E-state index in [1.54, 1.807) is 0 Å². The number of allylic oxidation sites excluding steroid dienone is 4. The summed E-state index contributed by atoms with van der Waals surface area (Å²) in [6.07, 6.45) is 6.96. The van der Waals surface area contributed by atoms with Crippen LogP contribution in [0.2, 0.25) is 0 Å². The topological polar surface area (TPSA) is 21.8 Å². The molecule has 0 radical (unpaired) electrons. The first-order valence-electron chi connectivity index (χ1n) is 5.41. The molecule has 0 aromatic rings. The number of rotatable bonds is 4. The number of hydrogen-bond acceptors (Lipinski definition) is 2. The number of ether oxygens (including phenoxy) is 2. The van der Waals surface area contributed by atoms with Gasteiger partial charge in [-0.25, -0.2) is 0 Å². The monoisotopic (exact) mass is 194 g/mol. The van der Waals surface area contributed by atoms with Gasteiger partial charge >= 0.3 is 0 Å². The summed E-state index contributed by atoms with van der Waals surface area (Å²) < 4.78 is 10.9. The van der Waals surface area contributed by atoms with Gasteiger partial charge in [-0.15, -0.1) is 0 Å². The molecule has 1 heterocycles. The third-order valence-electron chi connectivity index (χ3n) is 2.63. The molecule has 2 heteroatoms. The zero-order valence-electron chi connectivity index (χ0n) is 8.95. The summed E-state index contributed by atoms with van der Waals surface area (Å²) in [5.41, 5.74) is 1.36. The van der Waals surface area contributed by atoms with Gasteiger partial charge in [0.15, 0.2) is 0 Å². The van der Waals surface area contributed by atoms with Gasteiger partial charge < -0.3 is 9.47 Å². The molecule has 78 valence electrons. The quantitative estimate of drug-likeness (QED) is 0.642. The molecule has 0 N–H and O–H groups in total. The molecule has 14 heavy (non-hydrogen) atoms. The minimum atomic E-state index is 0.363. The Morgan fingerprint density at radius 2 is 2.36 bits per heavy atom. The van der Waals surface area contributed by atoms with Crippen molar-refractivity contribution in [1.29, 1.82) is 0 Å². The van der Waals surface area contributed by atoms with Crippen LogP contribution in [0.1, 0.15) is 26.7 Å². The smallest absolute Gasteiger partial charge is 0.116 e. The largest absolute Gasteiger partial charge is 0.495 e. The molecule has 0 bridgehead atoms. The Morgan fingerprint density at radius 3 is 3.00 bits per heavy atom. The summed E-state index contributed by atoms with van der Waals surface area (Å²) in [5.74, 6) is 1.74. The molecule has 1 aliphatic carbocycles. The molecular weight excluding hydrogens is 176 g/mol. The maximum atomic E-state index is 5.78. The molecule has 1 fully saturated rings. The molecule has 2 rings (SSSR count). The van der Waals surface area contributed by atoms with Crippen molar-refractivity contribution in [3.05, 3.63) is 23.5 Å². The fourth-order valence-electron chi connectivity index (χ4n) is 1.69. The van der Waals surface area contributed by atoms with E-state index in [0.717, 1.165) is 26.1 Å². The van der Waals surface area contributed by atoms with Gasteiger partial charge in [0.05, 0.1) is 12.4 Å². The van der Waals surface area contributed by atoms with Crippen LogP contribution >= 0.6 is 0 Å². The van der Waals surface area contributed by atoms with Crippen molar-refractivity contribution in [3.8, 4) is 0 Å². The highest BCUT2D eigenvalue weighted by molar-refractivity contribution is 5.27. The van der Waals surface area contributed by atoms with Crippen LogP contribution in [-0.4, -0.2) is 19.3 Å². The predicted octanol–water partition coefficient (Wildman–Crippen LogP) is 2.66. The van der Waals surface area contributed by atoms with Crippen molar-refractivity contribution in [2.75, 3.05) is 13.2 Å². The normalized spacial score (nSPS) is 25.8. The zero-order valence-corrected chi connectivity index (χ0v) is 8.95. The lowest BCUT2D eigenvalue weighted by atomic mass is 9.95. The van der Waals surface area contributed by atoms with Crippen LogP contribution in [0.25, 0.3) is 0 Å². The van der Waals surface area contributed by atoms with Crippen molar-refractivity contribution in [2.45, 2.75) is 32.8 Å². The Labute approximate surface area is 85.6 Å². The van der Waals surface area contributed by atoms with Crippen LogP contribution in [0.15, 0.2) is 23.5 Å². The van der Waals surface area contributed by atoms with E-state index in [-0.39, 0.29) is 0 Å². The lowest BCUT2D eigenvalue weighted by molar-refractivity contribution is 0.170. The van der Waals surface area contributed by atoms with Gasteiger partial charge in [0.2, 0.25) is 0 Å². The second kappa shape index (κ2) is 4.18. The van der Waals surface area contributed by atoms with Crippen LogP contribution in [0, 0.1) is 5.92 Å². The molecule has 0 aromatic carbocycles. The molecule has 0 saturated carbocycles. The Balaban J connectivity index is 1.98. The minimum Gasteiger partial charge on any atom is -0.495 e. The molecule has 1 unspecified atom stereocenters. The molecule has 0 spiro atoms. The minimum absolute atomic E-state index is 0.363. The highest BCUT2D eigenvalue weighted by Gasteiger charge is 2.24. The van der Waals surface area contributed by atoms with Gasteiger partial charge in [0.1, 0.15) is 12.7 Å². The van der Waals surface area contributed by atoms with Crippen LogP contribution in [-0.2, 0) is 9.47 Å². The first-order chi connectivity index (χ1) is 6.77. The van der Waals surface area contributed by atoms with E-state index >= 15 is 0 Å². The van der Waals surface area contributed by atoms with E-state index in [2.05, 4.69) is 26.0 Å². The van der Waals surface area contributed by atoms with Crippen molar-refractivity contribution >= 4 is 0 Å². The Hall–Kier alpha value is -0.760. The highest BCUT2D eigenvalue weighted by Crippen LogP contribution is 2.26. The van der Waals surface area contributed by atoms with Gasteiger partial charge in [-0.3, -0.25) is 0 Å². The van der Waals surface area contributed by atoms with E-state index in [4.69, 9.17) is 9.47 Å². The van der Waals surface area contributed by atoms with Crippen molar-refractivity contribution in [1.82, 2.24) is 0 Å². The van der Waals surface area contributed by atoms with Crippen molar-refractivity contribution in [2.24, 2.45) is 5.92 Å². The molecule has 0 aromatic heterocycles. The van der Waals surface area contributed by atoms with E-state index in [0.29, 0.717) is 12.0 Å². The average molecular weight is 194 g/mol. The number of epoxide rings is 1.